The largest absolute Gasteiger partial charge is 0.477 e. The number of hydrogen-bond acceptors (Lipinski definition) is 4. The predicted octanol–water partition coefficient (Wildman–Crippen LogP) is 3.80. The highest BCUT2D eigenvalue weighted by molar-refractivity contribution is 5.84. The summed E-state index contributed by atoms with van der Waals surface area (Å²) < 4.78 is 5.80. The summed E-state index contributed by atoms with van der Waals surface area (Å²) in [5, 5.41) is 4.16. The molecule has 0 aliphatic heterocycles. The molecule has 2 aromatic rings. The Morgan fingerprint density at radius 3 is 2.95 bits per heavy atom. The number of nitrogens with one attached hydrogen (secondary N) is 1. The maximum absolute atomic E-state index is 5.80. The number of rotatable bonds is 8. The minimum absolute atomic E-state index is 0.629. The van der Waals surface area contributed by atoms with Crippen molar-refractivity contribution >= 4 is 16.9 Å². The molecule has 106 valence electrons. The van der Waals surface area contributed by atoms with Crippen molar-refractivity contribution in [3.05, 3.63) is 36.9 Å². The summed E-state index contributed by atoms with van der Waals surface area (Å²) in [5.41, 5.74) is 0.903. The molecular weight excluding hydrogens is 250 g/mol. The van der Waals surface area contributed by atoms with Crippen LogP contribution in [-0.2, 0) is 0 Å². The number of fused-ring (bicyclic) bond motifs is 1. The van der Waals surface area contributed by atoms with Gasteiger partial charge in [-0.05, 0) is 31.4 Å². The van der Waals surface area contributed by atoms with E-state index >= 15 is 0 Å². The van der Waals surface area contributed by atoms with E-state index in [2.05, 4.69) is 28.8 Å². The first kappa shape index (κ1) is 14.3. The highest BCUT2D eigenvalue weighted by Crippen LogP contribution is 2.24. The van der Waals surface area contributed by atoms with Gasteiger partial charge in [0, 0.05) is 6.54 Å². The highest BCUT2D eigenvalue weighted by Gasteiger charge is 2.08. The number of benzene rings is 1. The molecule has 0 atom stereocenters. The van der Waals surface area contributed by atoms with Crippen molar-refractivity contribution in [3.63, 3.8) is 0 Å². The van der Waals surface area contributed by atoms with Crippen LogP contribution in [0, 0.1) is 0 Å². The molecule has 0 aliphatic carbocycles. The molecule has 4 heteroatoms. The van der Waals surface area contributed by atoms with Gasteiger partial charge in [-0.25, -0.2) is 4.98 Å². The van der Waals surface area contributed by atoms with Crippen LogP contribution in [0.5, 0.6) is 5.88 Å². The second-order valence-corrected chi connectivity index (χ2v) is 4.58. The number of unbranched alkanes of at least 4 members (excludes halogenated alkanes) is 1. The van der Waals surface area contributed by atoms with Crippen molar-refractivity contribution in [1.29, 1.82) is 0 Å². The van der Waals surface area contributed by atoms with Gasteiger partial charge in [-0.3, -0.25) is 0 Å². The van der Waals surface area contributed by atoms with Crippen molar-refractivity contribution in [2.24, 2.45) is 0 Å². The van der Waals surface area contributed by atoms with Gasteiger partial charge in [-0.1, -0.05) is 25.1 Å². The van der Waals surface area contributed by atoms with Crippen LogP contribution in [-0.4, -0.2) is 23.1 Å². The zero-order valence-electron chi connectivity index (χ0n) is 11.9. The number of hydrogen-bond donors (Lipinski definition) is 1. The van der Waals surface area contributed by atoms with Crippen LogP contribution in [0.15, 0.2) is 36.9 Å². The summed E-state index contributed by atoms with van der Waals surface area (Å²) in [5.74, 6) is 1.28. The second kappa shape index (κ2) is 7.48. The fourth-order valence-corrected chi connectivity index (χ4v) is 1.87. The number of aromatic nitrogens is 2. The monoisotopic (exact) mass is 271 g/mol. The molecule has 0 saturated heterocycles. The molecule has 2 rings (SSSR count). The standard InChI is InChI=1S/C16H21N3O/c1-3-5-8-12-20-15-13-9-6-7-10-14(13)18-16(19-15)17-11-4-2/h3,6-7,9-10H,1,4-5,8,11-12H2,2H3,(H,17,18,19). The summed E-state index contributed by atoms with van der Waals surface area (Å²) in [7, 11) is 0. The summed E-state index contributed by atoms with van der Waals surface area (Å²) in [6.07, 6.45) is 4.82. The molecule has 0 saturated carbocycles. The molecule has 0 amide bonds. The molecule has 1 N–H and O–H groups in total. The Bertz CT molecular complexity index is 569. The highest BCUT2D eigenvalue weighted by atomic mass is 16.5. The minimum atomic E-state index is 0.629. The molecule has 0 spiro atoms. The van der Waals surface area contributed by atoms with Crippen molar-refractivity contribution in [2.75, 3.05) is 18.5 Å². The van der Waals surface area contributed by atoms with Crippen molar-refractivity contribution in [1.82, 2.24) is 9.97 Å². The van der Waals surface area contributed by atoms with Crippen LogP contribution in [0.1, 0.15) is 26.2 Å². The first-order valence-electron chi connectivity index (χ1n) is 7.09. The SMILES string of the molecule is C=CCCCOc1nc(NCCC)nc2ccccc12. The Kier molecular flexibility index (Phi) is 5.35. The molecule has 0 fully saturated rings. The van der Waals surface area contributed by atoms with E-state index in [1.54, 1.807) is 0 Å². The Labute approximate surface area is 119 Å². The third-order valence-electron chi connectivity index (χ3n) is 2.89. The molecule has 0 unspecified atom stereocenters. The van der Waals surface area contributed by atoms with Gasteiger partial charge in [0.25, 0.3) is 0 Å². The third-order valence-corrected chi connectivity index (χ3v) is 2.89. The van der Waals surface area contributed by atoms with Gasteiger partial charge >= 0.3 is 0 Å². The summed E-state index contributed by atoms with van der Waals surface area (Å²) in [6.45, 7) is 7.32. The smallest absolute Gasteiger partial charge is 0.226 e. The number of allylic oxidation sites excluding steroid dienone is 1. The molecular formula is C16H21N3O. The number of para-hydroxylation sites is 1. The second-order valence-electron chi connectivity index (χ2n) is 4.58. The van der Waals surface area contributed by atoms with E-state index < -0.39 is 0 Å². The Morgan fingerprint density at radius 2 is 2.15 bits per heavy atom. The van der Waals surface area contributed by atoms with Crippen molar-refractivity contribution in [2.45, 2.75) is 26.2 Å². The lowest BCUT2D eigenvalue weighted by Crippen LogP contribution is -2.07. The first-order chi connectivity index (χ1) is 9.85. The lowest BCUT2D eigenvalue weighted by molar-refractivity contribution is 0.304. The van der Waals surface area contributed by atoms with E-state index in [0.717, 1.165) is 36.7 Å². The molecule has 4 nitrogen and oxygen atoms in total. The van der Waals surface area contributed by atoms with Crippen molar-refractivity contribution in [3.8, 4) is 5.88 Å². The number of anilines is 1. The Hall–Kier alpha value is -2.10. The summed E-state index contributed by atoms with van der Waals surface area (Å²) in [6, 6.07) is 7.91. The van der Waals surface area contributed by atoms with E-state index in [0.29, 0.717) is 18.4 Å². The van der Waals surface area contributed by atoms with Gasteiger partial charge in [0.2, 0.25) is 11.8 Å². The zero-order chi connectivity index (χ0) is 14.2. The van der Waals surface area contributed by atoms with Crippen LogP contribution in [0.3, 0.4) is 0 Å². The summed E-state index contributed by atoms with van der Waals surface area (Å²) in [4.78, 5) is 8.97. The maximum atomic E-state index is 5.80. The lowest BCUT2D eigenvalue weighted by Gasteiger charge is -2.10. The van der Waals surface area contributed by atoms with Gasteiger partial charge in [0.05, 0.1) is 17.5 Å². The average molecular weight is 271 g/mol. The number of ether oxygens (including phenoxy) is 1. The van der Waals surface area contributed by atoms with Crippen LogP contribution in [0.2, 0.25) is 0 Å². The van der Waals surface area contributed by atoms with Crippen LogP contribution < -0.4 is 10.1 Å². The molecule has 0 aliphatic rings. The van der Waals surface area contributed by atoms with Crippen LogP contribution >= 0.6 is 0 Å². The molecule has 0 radical (unpaired) electrons. The van der Waals surface area contributed by atoms with Gasteiger partial charge in [-0.2, -0.15) is 4.98 Å². The molecule has 1 aromatic carbocycles. The molecule has 0 bridgehead atoms. The quantitative estimate of drug-likeness (QED) is 0.586. The van der Waals surface area contributed by atoms with Gasteiger partial charge in [0.15, 0.2) is 0 Å². The van der Waals surface area contributed by atoms with Gasteiger partial charge in [0.1, 0.15) is 0 Å². The minimum Gasteiger partial charge on any atom is -0.477 e. The fraction of sp³-hybridized carbons (Fsp3) is 0.375. The maximum Gasteiger partial charge on any atom is 0.226 e. The lowest BCUT2D eigenvalue weighted by atomic mass is 10.2. The van der Waals surface area contributed by atoms with E-state index in [9.17, 15) is 0 Å². The third kappa shape index (κ3) is 3.70. The predicted molar refractivity (Wildman–Crippen MR) is 83.2 cm³/mol. The molecule has 1 heterocycles. The summed E-state index contributed by atoms with van der Waals surface area (Å²) >= 11 is 0. The topological polar surface area (TPSA) is 47.0 Å². The molecule has 1 aromatic heterocycles. The van der Waals surface area contributed by atoms with E-state index in [-0.39, 0.29) is 0 Å². The molecule has 20 heavy (non-hydrogen) atoms. The van der Waals surface area contributed by atoms with Gasteiger partial charge in [-0.15, -0.1) is 6.58 Å². The van der Waals surface area contributed by atoms with E-state index in [1.807, 2.05) is 30.3 Å². The van der Waals surface area contributed by atoms with E-state index in [1.165, 1.54) is 0 Å². The first-order valence-corrected chi connectivity index (χ1v) is 7.09. The van der Waals surface area contributed by atoms with Crippen LogP contribution in [0.4, 0.5) is 5.95 Å². The number of nitrogens with zero attached hydrogens (tertiary/aromatic N) is 2. The van der Waals surface area contributed by atoms with Crippen LogP contribution in [0.25, 0.3) is 10.9 Å². The van der Waals surface area contributed by atoms with Crippen molar-refractivity contribution < 1.29 is 4.74 Å². The normalized spacial score (nSPS) is 10.4. The fourth-order valence-electron chi connectivity index (χ4n) is 1.87. The van der Waals surface area contributed by atoms with Gasteiger partial charge < -0.3 is 10.1 Å². The Morgan fingerprint density at radius 1 is 1.30 bits per heavy atom. The zero-order valence-corrected chi connectivity index (χ0v) is 11.9. The average Bonchev–Trinajstić information content (AvgIpc) is 2.49. The Balaban J connectivity index is 2.21. The van der Waals surface area contributed by atoms with E-state index in [4.69, 9.17) is 4.74 Å².